The fourth-order valence-corrected chi connectivity index (χ4v) is 3.84. The maximum Gasteiger partial charge on any atom is 0.0933 e. The molecule has 0 spiro atoms. The summed E-state index contributed by atoms with van der Waals surface area (Å²) in [5.41, 5.74) is 2.30. The second-order valence-electron chi connectivity index (χ2n) is 6.02. The Labute approximate surface area is 120 Å². The highest BCUT2D eigenvalue weighted by atomic mass is 15.2. The van der Waals surface area contributed by atoms with Crippen LogP contribution in [0.15, 0.2) is 36.5 Å². The molecule has 2 saturated heterocycles. The van der Waals surface area contributed by atoms with Crippen LogP contribution in [-0.2, 0) is 0 Å². The van der Waals surface area contributed by atoms with Gasteiger partial charge in [0.1, 0.15) is 0 Å². The number of para-hydroxylation sites is 1. The molecule has 2 unspecified atom stereocenters. The Hall–Kier alpha value is -1.61. The number of fused-ring (bicyclic) bond motifs is 2. The third-order valence-electron chi connectivity index (χ3n) is 4.83. The van der Waals surface area contributed by atoms with Gasteiger partial charge in [0, 0.05) is 30.2 Å². The quantitative estimate of drug-likeness (QED) is 0.905. The van der Waals surface area contributed by atoms with Crippen molar-refractivity contribution in [3.05, 3.63) is 36.5 Å². The first-order chi connectivity index (χ1) is 9.92. The molecule has 104 valence electrons. The average Bonchev–Trinajstić information content (AvgIpc) is 2.91. The van der Waals surface area contributed by atoms with Crippen molar-refractivity contribution in [3.63, 3.8) is 0 Å². The van der Waals surface area contributed by atoms with Crippen LogP contribution in [0.4, 0.5) is 5.69 Å². The number of piperidine rings is 1. The van der Waals surface area contributed by atoms with Gasteiger partial charge in [-0.2, -0.15) is 0 Å². The molecule has 2 aromatic rings. The molecule has 1 aromatic heterocycles. The van der Waals surface area contributed by atoms with E-state index < -0.39 is 0 Å². The van der Waals surface area contributed by atoms with Crippen LogP contribution in [0.1, 0.15) is 25.7 Å². The number of aromatic nitrogens is 1. The molecule has 0 radical (unpaired) electrons. The van der Waals surface area contributed by atoms with Gasteiger partial charge in [0.05, 0.1) is 11.2 Å². The summed E-state index contributed by atoms with van der Waals surface area (Å²) >= 11 is 0. The number of anilines is 1. The number of nitrogens with one attached hydrogen (secondary N) is 1. The lowest BCUT2D eigenvalue weighted by Gasteiger charge is -2.33. The topological polar surface area (TPSA) is 28.2 Å². The monoisotopic (exact) mass is 267 g/mol. The van der Waals surface area contributed by atoms with E-state index in [0.717, 1.165) is 11.6 Å². The Morgan fingerprint density at radius 2 is 2.00 bits per heavy atom. The van der Waals surface area contributed by atoms with Gasteiger partial charge < -0.3 is 5.32 Å². The zero-order valence-electron chi connectivity index (χ0n) is 11.8. The number of hydrogen-bond acceptors (Lipinski definition) is 3. The van der Waals surface area contributed by atoms with E-state index in [2.05, 4.69) is 39.5 Å². The highest BCUT2D eigenvalue weighted by molar-refractivity contribution is 5.90. The number of rotatable bonds is 2. The normalized spacial score (nSPS) is 26.6. The Kier molecular flexibility index (Phi) is 3.07. The van der Waals surface area contributed by atoms with Crippen molar-refractivity contribution in [3.8, 4) is 0 Å². The molecule has 4 rings (SSSR count). The van der Waals surface area contributed by atoms with E-state index in [-0.39, 0.29) is 0 Å². The summed E-state index contributed by atoms with van der Waals surface area (Å²) in [7, 11) is 0. The number of hydrogen-bond donors (Lipinski definition) is 1. The zero-order chi connectivity index (χ0) is 13.4. The van der Waals surface area contributed by atoms with E-state index in [1.54, 1.807) is 0 Å². The first-order valence-electron chi connectivity index (χ1n) is 7.76. The van der Waals surface area contributed by atoms with Gasteiger partial charge in [-0.3, -0.25) is 9.88 Å². The van der Waals surface area contributed by atoms with Gasteiger partial charge in [-0.1, -0.05) is 24.6 Å². The molecule has 2 fully saturated rings. The summed E-state index contributed by atoms with van der Waals surface area (Å²) in [5.74, 6) is 0. The van der Waals surface area contributed by atoms with Crippen LogP contribution in [0.3, 0.4) is 0 Å². The fourth-order valence-electron chi connectivity index (χ4n) is 3.84. The van der Waals surface area contributed by atoms with Crippen LogP contribution in [0.5, 0.6) is 0 Å². The second kappa shape index (κ2) is 5.06. The standard InChI is InChI=1S/C17H21N3/c1-2-11-20-12-9-14(16(20)8-1)19-15-7-3-5-13-6-4-10-18-17(13)15/h3-7,10,14,16,19H,1-2,8-9,11-12H2. The molecule has 3 heterocycles. The Balaban J connectivity index is 1.61. The predicted octanol–water partition coefficient (Wildman–Crippen LogP) is 3.27. The molecule has 0 amide bonds. The predicted molar refractivity (Wildman–Crippen MR) is 83.0 cm³/mol. The molecule has 2 aliphatic rings. The SMILES string of the molecule is c1cnc2c(NC3CCN4CCCCC34)cccc2c1. The Morgan fingerprint density at radius 3 is 3.00 bits per heavy atom. The highest BCUT2D eigenvalue weighted by Gasteiger charge is 2.35. The summed E-state index contributed by atoms with van der Waals surface area (Å²) < 4.78 is 0. The van der Waals surface area contributed by atoms with E-state index in [1.165, 1.54) is 49.8 Å². The molecule has 0 bridgehead atoms. The smallest absolute Gasteiger partial charge is 0.0933 e. The van der Waals surface area contributed by atoms with E-state index >= 15 is 0 Å². The minimum Gasteiger partial charge on any atom is -0.379 e. The minimum atomic E-state index is 0.586. The first-order valence-corrected chi connectivity index (χ1v) is 7.76. The lowest BCUT2D eigenvalue weighted by atomic mass is 9.98. The maximum atomic E-state index is 4.55. The summed E-state index contributed by atoms with van der Waals surface area (Å²) in [4.78, 5) is 7.22. The van der Waals surface area contributed by atoms with Crippen LogP contribution in [0, 0.1) is 0 Å². The molecule has 1 aromatic carbocycles. The number of benzene rings is 1. The zero-order valence-corrected chi connectivity index (χ0v) is 11.8. The van der Waals surface area contributed by atoms with Crippen LogP contribution in [0.25, 0.3) is 10.9 Å². The van der Waals surface area contributed by atoms with E-state index in [0.29, 0.717) is 6.04 Å². The third-order valence-corrected chi connectivity index (χ3v) is 4.83. The van der Waals surface area contributed by atoms with Crippen LogP contribution in [-0.4, -0.2) is 35.1 Å². The van der Waals surface area contributed by atoms with Gasteiger partial charge in [-0.05, 0) is 37.9 Å². The summed E-state index contributed by atoms with van der Waals surface area (Å²) in [6.45, 7) is 2.54. The van der Waals surface area contributed by atoms with Gasteiger partial charge in [0.25, 0.3) is 0 Å². The van der Waals surface area contributed by atoms with Gasteiger partial charge in [-0.25, -0.2) is 0 Å². The van der Waals surface area contributed by atoms with Crippen molar-refractivity contribution in [2.75, 3.05) is 18.4 Å². The Morgan fingerprint density at radius 1 is 1.05 bits per heavy atom. The second-order valence-corrected chi connectivity index (χ2v) is 6.02. The highest BCUT2D eigenvalue weighted by Crippen LogP contribution is 2.31. The largest absolute Gasteiger partial charge is 0.379 e. The Bertz CT molecular complexity index is 605. The van der Waals surface area contributed by atoms with Crippen LogP contribution in [0.2, 0.25) is 0 Å². The molecular formula is C17H21N3. The lowest BCUT2D eigenvalue weighted by Crippen LogP contribution is -2.41. The number of pyridine rings is 1. The number of nitrogens with zero attached hydrogens (tertiary/aromatic N) is 2. The van der Waals surface area contributed by atoms with Crippen molar-refractivity contribution in [2.45, 2.75) is 37.8 Å². The molecular weight excluding hydrogens is 246 g/mol. The summed E-state index contributed by atoms with van der Waals surface area (Å²) in [6, 6.07) is 11.9. The van der Waals surface area contributed by atoms with Crippen molar-refractivity contribution >= 4 is 16.6 Å². The van der Waals surface area contributed by atoms with Crippen molar-refractivity contribution in [1.82, 2.24) is 9.88 Å². The van der Waals surface area contributed by atoms with Gasteiger partial charge in [-0.15, -0.1) is 0 Å². The third kappa shape index (κ3) is 2.06. The molecule has 2 atom stereocenters. The molecule has 20 heavy (non-hydrogen) atoms. The summed E-state index contributed by atoms with van der Waals surface area (Å²) in [6.07, 6.45) is 7.24. The molecule has 2 aliphatic heterocycles. The van der Waals surface area contributed by atoms with E-state index in [1.807, 2.05) is 12.3 Å². The van der Waals surface area contributed by atoms with Gasteiger partial charge >= 0.3 is 0 Å². The van der Waals surface area contributed by atoms with E-state index in [4.69, 9.17) is 0 Å². The van der Waals surface area contributed by atoms with Crippen molar-refractivity contribution < 1.29 is 0 Å². The van der Waals surface area contributed by atoms with Crippen LogP contribution < -0.4 is 5.32 Å². The fraction of sp³-hybridized carbons (Fsp3) is 0.471. The van der Waals surface area contributed by atoms with Crippen molar-refractivity contribution in [1.29, 1.82) is 0 Å². The maximum absolute atomic E-state index is 4.55. The molecule has 1 N–H and O–H groups in total. The summed E-state index contributed by atoms with van der Waals surface area (Å²) in [5, 5.41) is 5.00. The molecule has 3 nitrogen and oxygen atoms in total. The molecule has 0 aliphatic carbocycles. The first kappa shape index (κ1) is 12.2. The molecule has 0 saturated carbocycles. The van der Waals surface area contributed by atoms with E-state index in [9.17, 15) is 0 Å². The van der Waals surface area contributed by atoms with Gasteiger partial charge in [0.15, 0.2) is 0 Å². The molecule has 3 heteroatoms. The lowest BCUT2D eigenvalue weighted by molar-refractivity contribution is 0.193. The minimum absolute atomic E-state index is 0.586. The van der Waals surface area contributed by atoms with Gasteiger partial charge in [0.2, 0.25) is 0 Å². The average molecular weight is 267 g/mol. The van der Waals surface area contributed by atoms with Crippen LogP contribution >= 0.6 is 0 Å². The van der Waals surface area contributed by atoms with Crippen molar-refractivity contribution in [2.24, 2.45) is 0 Å².